The third-order valence-corrected chi connectivity index (χ3v) is 6.32. The maximum atomic E-state index is 13.1. The van der Waals surface area contributed by atoms with Crippen LogP contribution in [0.5, 0.6) is 5.75 Å². The number of hydrogen-bond donors (Lipinski definition) is 0. The highest BCUT2D eigenvalue weighted by molar-refractivity contribution is 7.94. The fraction of sp³-hybridized carbons (Fsp3) is 0.286. The third kappa shape index (κ3) is 4.75. The van der Waals surface area contributed by atoms with Crippen molar-refractivity contribution in [3.63, 3.8) is 0 Å². The Morgan fingerprint density at radius 3 is 2.50 bits per heavy atom. The van der Waals surface area contributed by atoms with Gasteiger partial charge in [0.05, 0.1) is 24.8 Å². The molecule has 7 heteroatoms. The number of carbonyl (C=O) groups excluding carboxylic acids is 1. The van der Waals surface area contributed by atoms with Crippen molar-refractivity contribution >= 4 is 33.0 Å². The maximum absolute atomic E-state index is 13.1. The minimum Gasteiger partial charge on any atom is -0.494 e. The Bertz CT molecular complexity index is 1000. The molecule has 0 aliphatic carbocycles. The highest BCUT2D eigenvalue weighted by Gasteiger charge is 2.31. The molecule has 1 atom stereocenters. The van der Waals surface area contributed by atoms with Gasteiger partial charge in [-0.05, 0) is 55.3 Å². The molecule has 0 saturated heterocycles. The number of aryl methyl sites for hydroxylation is 1. The topological polar surface area (TPSA) is 63.7 Å². The van der Waals surface area contributed by atoms with Gasteiger partial charge in [-0.15, -0.1) is 0 Å². The van der Waals surface area contributed by atoms with Gasteiger partial charge in [0.1, 0.15) is 5.75 Å². The SMILES string of the molecule is CCOc1ccc(CC(=O)N(c2ccc(C)c(Cl)c2)[C@@H]2C=CS(=O)(=O)C2)cc1. The normalized spacial score (nSPS) is 17.5. The van der Waals surface area contributed by atoms with Crippen molar-refractivity contribution in [3.05, 3.63) is 70.1 Å². The van der Waals surface area contributed by atoms with Crippen molar-refractivity contribution in [1.29, 1.82) is 0 Å². The van der Waals surface area contributed by atoms with Crippen molar-refractivity contribution in [3.8, 4) is 5.75 Å². The minimum atomic E-state index is -3.31. The van der Waals surface area contributed by atoms with Gasteiger partial charge in [-0.1, -0.05) is 29.8 Å². The lowest BCUT2D eigenvalue weighted by atomic mass is 10.1. The molecule has 0 spiro atoms. The van der Waals surface area contributed by atoms with Crippen LogP contribution in [0.25, 0.3) is 0 Å². The number of rotatable bonds is 6. The van der Waals surface area contributed by atoms with Crippen LogP contribution in [0.4, 0.5) is 5.69 Å². The standard InChI is InChI=1S/C21H22ClNO4S/c1-3-27-19-8-5-16(6-9-19)12-21(24)23(18-10-11-28(25,26)14-18)17-7-4-15(2)20(22)13-17/h4-11,13,18H,3,12,14H2,1-2H3/t18-/m1/s1. The number of carbonyl (C=O) groups is 1. The Morgan fingerprint density at radius 1 is 1.21 bits per heavy atom. The number of benzene rings is 2. The molecule has 1 aliphatic rings. The van der Waals surface area contributed by atoms with E-state index in [0.29, 0.717) is 17.3 Å². The van der Waals surface area contributed by atoms with E-state index in [9.17, 15) is 13.2 Å². The lowest BCUT2D eigenvalue weighted by Crippen LogP contribution is -2.42. The van der Waals surface area contributed by atoms with E-state index in [1.807, 2.05) is 44.2 Å². The van der Waals surface area contributed by atoms with Crippen molar-refractivity contribution < 1.29 is 17.9 Å². The smallest absolute Gasteiger partial charge is 0.231 e. The van der Waals surface area contributed by atoms with Crippen molar-refractivity contribution in [1.82, 2.24) is 0 Å². The molecule has 148 valence electrons. The van der Waals surface area contributed by atoms with E-state index < -0.39 is 15.9 Å². The lowest BCUT2D eigenvalue weighted by Gasteiger charge is -2.28. The summed E-state index contributed by atoms with van der Waals surface area (Å²) in [6.45, 7) is 4.35. The Hall–Kier alpha value is -2.31. The predicted octanol–water partition coefficient (Wildman–Crippen LogP) is 3.93. The van der Waals surface area contributed by atoms with Crippen LogP contribution in [0.15, 0.2) is 53.9 Å². The van der Waals surface area contributed by atoms with Crippen LogP contribution in [0.1, 0.15) is 18.1 Å². The second-order valence-corrected chi connectivity index (χ2v) is 9.01. The monoisotopic (exact) mass is 419 g/mol. The fourth-order valence-corrected chi connectivity index (χ4v) is 4.55. The second-order valence-electron chi connectivity index (χ2n) is 6.68. The Kier molecular flexibility index (Phi) is 6.10. The molecule has 28 heavy (non-hydrogen) atoms. The zero-order chi connectivity index (χ0) is 20.3. The molecule has 0 unspecified atom stereocenters. The first kappa shape index (κ1) is 20.4. The molecule has 0 fully saturated rings. The van der Waals surface area contributed by atoms with Crippen LogP contribution in [0, 0.1) is 6.92 Å². The third-order valence-electron chi connectivity index (χ3n) is 4.53. The summed E-state index contributed by atoms with van der Waals surface area (Å²) in [4.78, 5) is 14.7. The molecule has 0 saturated carbocycles. The Labute approximate surface area is 170 Å². The van der Waals surface area contributed by atoms with E-state index in [-0.39, 0.29) is 18.1 Å². The molecule has 0 radical (unpaired) electrons. The summed E-state index contributed by atoms with van der Waals surface area (Å²) in [6.07, 6.45) is 1.70. The highest BCUT2D eigenvalue weighted by Crippen LogP contribution is 2.28. The number of amides is 1. The van der Waals surface area contributed by atoms with Gasteiger partial charge in [0.15, 0.2) is 9.84 Å². The maximum Gasteiger partial charge on any atom is 0.231 e. The first-order valence-electron chi connectivity index (χ1n) is 9.00. The van der Waals surface area contributed by atoms with Gasteiger partial charge in [-0.3, -0.25) is 4.79 Å². The number of nitrogens with zero attached hydrogens (tertiary/aromatic N) is 1. The van der Waals surface area contributed by atoms with Crippen LogP contribution in [0.3, 0.4) is 0 Å². The molecule has 2 aromatic carbocycles. The molecule has 5 nitrogen and oxygen atoms in total. The first-order chi connectivity index (χ1) is 13.3. The van der Waals surface area contributed by atoms with E-state index >= 15 is 0 Å². The summed E-state index contributed by atoms with van der Waals surface area (Å²) in [7, 11) is -3.31. The molecular formula is C21H22ClNO4S. The number of ether oxygens (including phenoxy) is 1. The molecule has 1 aliphatic heterocycles. The Balaban J connectivity index is 1.88. The van der Waals surface area contributed by atoms with Gasteiger partial charge in [0.25, 0.3) is 0 Å². The molecule has 1 amide bonds. The zero-order valence-corrected chi connectivity index (χ0v) is 17.3. The highest BCUT2D eigenvalue weighted by atomic mass is 35.5. The van der Waals surface area contributed by atoms with Crippen LogP contribution in [-0.4, -0.2) is 32.7 Å². The first-order valence-corrected chi connectivity index (χ1v) is 11.1. The van der Waals surface area contributed by atoms with Crippen LogP contribution in [-0.2, 0) is 21.1 Å². The van der Waals surface area contributed by atoms with Gasteiger partial charge in [0.2, 0.25) is 5.91 Å². The van der Waals surface area contributed by atoms with Gasteiger partial charge in [-0.2, -0.15) is 0 Å². The van der Waals surface area contributed by atoms with Gasteiger partial charge >= 0.3 is 0 Å². The average Bonchev–Trinajstić information content (AvgIpc) is 2.99. The number of hydrogen-bond acceptors (Lipinski definition) is 4. The van der Waals surface area contributed by atoms with E-state index in [1.165, 1.54) is 10.3 Å². The quantitative estimate of drug-likeness (QED) is 0.711. The molecule has 3 rings (SSSR count). The van der Waals surface area contributed by atoms with Crippen molar-refractivity contribution in [2.75, 3.05) is 17.3 Å². The van der Waals surface area contributed by atoms with Crippen LogP contribution >= 0.6 is 11.6 Å². The van der Waals surface area contributed by atoms with E-state index in [1.54, 1.807) is 18.2 Å². The summed E-state index contributed by atoms with van der Waals surface area (Å²) < 4.78 is 29.3. The summed E-state index contributed by atoms with van der Waals surface area (Å²) in [5.41, 5.74) is 2.29. The van der Waals surface area contributed by atoms with E-state index in [4.69, 9.17) is 16.3 Å². The largest absolute Gasteiger partial charge is 0.494 e. The molecule has 0 N–H and O–H groups in total. The van der Waals surface area contributed by atoms with Crippen LogP contribution in [0.2, 0.25) is 5.02 Å². The molecular weight excluding hydrogens is 398 g/mol. The molecule has 2 aromatic rings. The summed E-state index contributed by atoms with van der Waals surface area (Å²) in [5.74, 6) is 0.412. The molecule has 0 aromatic heterocycles. The second kappa shape index (κ2) is 8.37. The summed E-state index contributed by atoms with van der Waals surface area (Å²) in [6, 6.07) is 12.1. The number of sulfone groups is 1. The lowest BCUT2D eigenvalue weighted by molar-refractivity contribution is -0.118. The molecule has 0 bridgehead atoms. The summed E-state index contributed by atoms with van der Waals surface area (Å²) in [5, 5.41) is 1.70. The predicted molar refractivity (Wildman–Crippen MR) is 112 cm³/mol. The van der Waals surface area contributed by atoms with Gasteiger partial charge in [-0.25, -0.2) is 8.42 Å². The van der Waals surface area contributed by atoms with Gasteiger partial charge in [0, 0.05) is 16.1 Å². The van der Waals surface area contributed by atoms with Gasteiger partial charge < -0.3 is 9.64 Å². The average molecular weight is 420 g/mol. The van der Waals surface area contributed by atoms with E-state index in [2.05, 4.69) is 0 Å². The van der Waals surface area contributed by atoms with E-state index in [0.717, 1.165) is 16.9 Å². The van der Waals surface area contributed by atoms with Crippen LogP contribution < -0.4 is 9.64 Å². The zero-order valence-electron chi connectivity index (χ0n) is 15.8. The Morgan fingerprint density at radius 2 is 1.93 bits per heavy atom. The fourth-order valence-electron chi connectivity index (χ4n) is 3.10. The minimum absolute atomic E-state index is 0.131. The number of anilines is 1. The summed E-state index contributed by atoms with van der Waals surface area (Å²) >= 11 is 6.24. The molecule has 1 heterocycles. The van der Waals surface area contributed by atoms with Crippen molar-refractivity contribution in [2.24, 2.45) is 0 Å². The number of halogens is 1. The van der Waals surface area contributed by atoms with Crippen molar-refractivity contribution in [2.45, 2.75) is 26.3 Å².